The van der Waals surface area contributed by atoms with Crippen LogP contribution in [0.5, 0.6) is 5.75 Å². The van der Waals surface area contributed by atoms with Gasteiger partial charge in [-0.3, -0.25) is 0 Å². The van der Waals surface area contributed by atoms with Crippen LogP contribution in [-0.2, 0) is 6.42 Å². The molecule has 0 atom stereocenters. The van der Waals surface area contributed by atoms with Gasteiger partial charge >= 0.3 is 0 Å². The van der Waals surface area contributed by atoms with E-state index in [1.54, 1.807) is 0 Å². The van der Waals surface area contributed by atoms with Gasteiger partial charge in [0.1, 0.15) is 5.75 Å². The van der Waals surface area contributed by atoms with Gasteiger partial charge in [-0.25, -0.2) is 9.97 Å². The van der Waals surface area contributed by atoms with Crippen molar-refractivity contribution in [1.29, 1.82) is 0 Å². The van der Waals surface area contributed by atoms with Crippen molar-refractivity contribution >= 4 is 0 Å². The zero-order chi connectivity index (χ0) is 21.3. The Bertz CT molecular complexity index is 652. The Morgan fingerprint density at radius 2 is 1.17 bits per heavy atom. The zero-order valence-electron chi connectivity index (χ0n) is 19.4. The Morgan fingerprint density at radius 1 is 0.633 bits per heavy atom. The third kappa shape index (κ3) is 10.2. The molecule has 0 saturated carbocycles. The van der Waals surface area contributed by atoms with E-state index in [0.717, 1.165) is 36.6 Å². The minimum Gasteiger partial charge on any atom is -0.494 e. The predicted octanol–water partition coefficient (Wildman–Crippen LogP) is 8.18. The van der Waals surface area contributed by atoms with Crippen LogP contribution >= 0.6 is 0 Å². The number of hydrogen-bond donors (Lipinski definition) is 0. The minimum atomic E-state index is 0.790. The molecule has 0 aliphatic rings. The fourth-order valence-corrected chi connectivity index (χ4v) is 3.69. The molecule has 1 heterocycles. The lowest BCUT2D eigenvalue weighted by atomic mass is 10.1. The average Bonchev–Trinajstić information content (AvgIpc) is 2.79. The summed E-state index contributed by atoms with van der Waals surface area (Å²) >= 11 is 0. The lowest BCUT2D eigenvalue weighted by molar-refractivity contribution is 0.304. The van der Waals surface area contributed by atoms with Crippen molar-refractivity contribution < 1.29 is 4.74 Å². The number of hydrogen-bond acceptors (Lipinski definition) is 3. The SMILES string of the molecule is CCCCCCCCCCCOc1ccc(-c2ncc(CCCCCC)cn2)cc1. The maximum atomic E-state index is 5.90. The molecule has 1 aromatic heterocycles. The van der Waals surface area contributed by atoms with Crippen molar-refractivity contribution in [3.05, 3.63) is 42.2 Å². The Hall–Kier alpha value is -1.90. The number of nitrogens with zero attached hydrogens (tertiary/aromatic N) is 2. The highest BCUT2D eigenvalue weighted by Gasteiger charge is 2.03. The molecule has 0 bridgehead atoms. The van der Waals surface area contributed by atoms with Crippen LogP contribution in [0.4, 0.5) is 0 Å². The van der Waals surface area contributed by atoms with Gasteiger partial charge in [-0.15, -0.1) is 0 Å². The number of unbranched alkanes of at least 4 members (excludes halogenated alkanes) is 11. The van der Waals surface area contributed by atoms with E-state index >= 15 is 0 Å². The summed E-state index contributed by atoms with van der Waals surface area (Å²) in [6, 6.07) is 8.18. The Labute approximate surface area is 184 Å². The summed E-state index contributed by atoms with van der Waals surface area (Å²) in [6.07, 6.45) is 22.2. The van der Waals surface area contributed by atoms with Crippen LogP contribution in [0.1, 0.15) is 103 Å². The number of aryl methyl sites for hydroxylation is 1. The van der Waals surface area contributed by atoms with Crippen molar-refractivity contribution in [2.45, 2.75) is 104 Å². The fraction of sp³-hybridized carbons (Fsp3) is 0.630. The lowest BCUT2D eigenvalue weighted by Gasteiger charge is -2.07. The van der Waals surface area contributed by atoms with E-state index in [1.807, 2.05) is 24.5 Å². The Balaban J connectivity index is 1.61. The third-order valence-electron chi connectivity index (χ3n) is 5.65. The molecule has 0 amide bonds. The second-order valence-corrected chi connectivity index (χ2v) is 8.43. The molecule has 0 unspecified atom stereocenters. The number of aromatic nitrogens is 2. The number of rotatable bonds is 17. The maximum absolute atomic E-state index is 5.90. The molecule has 3 nitrogen and oxygen atoms in total. The van der Waals surface area contributed by atoms with Gasteiger partial charge in [-0.05, 0) is 49.1 Å². The minimum absolute atomic E-state index is 0.790. The summed E-state index contributed by atoms with van der Waals surface area (Å²) in [5.74, 6) is 1.73. The highest BCUT2D eigenvalue weighted by molar-refractivity contribution is 5.55. The standard InChI is InChI=1S/C27H42N2O/c1-3-5-7-9-10-11-12-13-15-21-30-26-19-17-25(18-20-26)27-28-22-24(23-29-27)16-14-8-6-4-2/h17-20,22-23H,3-16,21H2,1-2H3. The molecule has 0 fully saturated rings. The Kier molecular flexibility index (Phi) is 12.9. The van der Waals surface area contributed by atoms with Crippen molar-refractivity contribution in [2.75, 3.05) is 6.61 Å². The molecule has 30 heavy (non-hydrogen) atoms. The molecule has 2 rings (SSSR count). The molecule has 0 N–H and O–H groups in total. The summed E-state index contributed by atoms with van der Waals surface area (Å²) in [5.41, 5.74) is 2.28. The van der Waals surface area contributed by atoms with E-state index < -0.39 is 0 Å². The average molecular weight is 411 g/mol. The van der Waals surface area contributed by atoms with E-state index in [4.69, 9.17) is 4.74 Å². The predicted molar refractivity (Wildman–Crippen MR) is 128 cm³/mol. The number of ether oxygens (including phenoxy) is 1. The van der Waals surface area contributed by atoms with Gasteiger partial charge in [-0.2, -0.15) is 0 Å². The zero-order valence-corrected chi connectivity index (χ0v) is 19.4. The topological polar surface area (TPSA) is 35.0 Å². The van der Waals surface area contributed by atoms with E-state index in [1.165, 1.54) is 82.6 Å². The van der Waals surface area contributed by atoms with Crippen LogP contribution < -0.4 is 4.74 Å². The first-order valence-electron chi connectivity index (χ1n) is 12.4. The molecule has 0 spiro atoms. The Morgan fingerprint density at radius 3 is 1.77 bits per heavy atom. The molecule has 1 aromatic carbocycles. The quantitative estimate of drug-likeness (QED) is 0.247. The van der Waals surface area contributed by atoms with Crippen molar-refractivity contribution in [3.63, 3.8) is 0 Å². The molecule has 0 saturated heterocycles. The second kappa shape index (κ2) is 15.9. The highest BCUT2D eigenvalue weighted by Crippen LogP contribution is 2.20. The third-order valence-corrected chi connectivity index (χ3v) is 5.65. The summed E-state index contributed by atoms with van der Waals surface area (Å²) in [7, 11) is 0. The number of benzene rings is 1. The summed E-state index contributed by atoms with van der Waals surface area (Å²) in [6.45, 7) is 5.32. The molecule has 0 radical (unpaired) electrons. The van der Waals surface area contributed by atoms with E-state index in [9.17, 15) is 0 Å². The first-order valence-corrected chi connectivity index (χ1v) is 12.4. The van der Waals surface area contributed by atoms with Crippen LogP contribution in [0.15, 0.2) is 36.7 Å². The van der Waals surface area contributed by atoms with Crippen LogP contribution in [0, 0.1) is 0 Å². The van der Waals surface area contributed by atoms with Crippen molar-refractivity contribution in [2.24, 2.45) is 0 Å². The van der Waals surface area contributed by atoms with Crippen LogP contribution in [0.25, 0.3) is 11.4 Å². The van der Waals surface area contributed by atoms with Crippen molar-refractivity contribution in [3.8, 4) is 17.1 Å². The molecular weight excluding hydrogens is 368 g/mol. The van der Waals surface area contributed by atoms with Crippen LogP contribution in [-0.4, -0.2) is 16.6 Å². The largest absolute Gasteiger partial charge is 0.494 e. The van der Waals surface area contributed by atoms with E-state index in [2.05, 4.69) is 35.9 Å². The van der Waals surface area contributed by atoms with E-state index in [0.29, 0.717) is 0 Å². The van der Waals surface area contributed by atoms with Gasteiger partial charge in [-0.1, -0.05) is 84.5 Å². The van der Waals surface area contributed by atoms with Gasteiger partial charge in [0.05, 0.1) is 6.61 Å². The molecule has 2 aromatic rings. The van der Waals surface area contributed by atoms with Gasteiger partial charge in [0.2, 0.25) is 0 Å². The summed E-state index contributed by atoms with van der Waals surface area (Å²) in [5, 5.41) is 0. The van der Waals surface area contributed by atoms with Gasteiger partial charge in [0, 0.05) is 18.0 Å². The molecule has 166 valence electrons. The fourth-order valence-electron chi connectivity index (χ4n) is 3.69. The lowest BCUT2D eigenvalue weighted by Crippen LogP contribution is -1.97. The van der Waals surface area contributed by atoms with Gasteiger partial charge in [0.15, 0.2) is 5.82 Å². The van der Waals surface area contributed by atoms with Gasteiger partial charge in [0.25, 0.3) is 0 Å². The van der Waals surface area contributed by atoms with Gasteiger partial charge < -0.3 is 4.74 Å². The smallest absolute Gasteiger partial charge is 0.159 e. The highest BCUT2D eigenvalue weighted by atomic mass is 16.5. The van der Waals surface area contributed by atoms with E-state index in [-0.39, 0.29) is 0 Å². The first kappa shape index (κ1) is 24.4. The van der Waals surface area contributed by atoms with Crippen LogP contribution in [0.3, 0.4) is 0 Å². The van der Waals surface area contributed by atoms with Crippen LogP contribution in [0.2, 0.25) is 0 Å². The molecule has 0 aliphatic carbocycles. The molecule has 3 heteroatoms. The summed E-state index contributed by atoms with van der Waals surface area (Å²) in [4.78, 5) is 9.11. The first-order chi connectivity index (χ1) is 14.8. The van der Waals surface area contributed by atoms with Crippen molar-refractivity contribution in [1.82, 2.24) is 9.97 Å². The molecular formula is C27H42N2O. The maximum Gasteiger partial charge on any atom is 0.159 e. The summed E-state index contributed by atoms with van der Waals surface area (Å²) < 4.78 is 5.90. The monoisotopic (exact) mass is 410 g/mol. The molecule has 0 aliphatic heterocycles. The normalized spacial score (nSPS) is 11.0. The second-order valence-electron chi connectivity index (χ2n) is 8.43.